The predicted molar refractivity (Wildman–Crippen MR) is 140 cm³/mol. The molecule has 1 heterocycles. The molecule has 6 nitrogen and oxygen atoms in total. The predicted octanol–water partition coefficient (Wildman–Crippen LogP) is 6.81. The van der Waals surface area contributed by atoms with E-state index in [1.165, 1.54) is 19.4 Å². The molecule has 1 aromatic rings. The number of hydrogen-bond acceptors (Lipinski definition) is 5. The Hall–Kier alpha value is -2.13. The molecule has 0 aromatic carbocycles. The van der Waals surface area contributed by atoms with Gasteiger partial charge in [0.05, 0.1) is 27.7 Å². The summed E-state index contributed by atoms with van der Waals surface area (Å²) in [5.41, 5.74) is -2.55. The van der Waals surface area contributed by atoms with Crippen molar-refractivity contribution in [3.05, 3.63) is 39.3 Å². The fourth-order valence-electron chi connectivity index (χ4n) is 4.51. The number of halogens is 5. The Bertz CT molecular complexity index is 1010. The molecule has 11 heteroatoms. The van der Waals surface area contributed by atoms with Crippen molar-refractivity contribution in [2.45, 2.75) is 72.0 Å². The number of ketones is 1. The van der Waals surface area contributed by atoms with Gasteiger partial charge in [0.1, 0.15) is 5.70 Å². The monoisotopic (exact) mass is 562 g/mol. The van der Waals surface area contributed by atoms with Crippen LogP contribution in [0.4, 0.5) is 13.2 Å². The third kappa shape index (κ3) is 7.93. The van der Waals surface area contributed by atoms with Crippen LogP contribution >= 0.6 is 23.2 Å². The Balaban J connectivity index is 2.56. The topological polar surface area (TPSA) is 77.4 Å². The van der Waals surface area contributed by atoms with E-state index >= 15 is 0 Å². The second-order valence-corrected chi connectivity index (χ2v) is 11.3. The number of nitrogens with one attached hydrogen (secondary N) is 1. The summed E-state index contributed by atoms with van der Waals surface area (Å²) in [6.07, 6.45) is 1.30. The van der Waals surface area contributed by atoms with Crippen molar-refractivity contribution in [2.75, 3.05) is 20.1 Å². The van der Waals surface area contributed by atoms with Crippen LogP contribution < -0.4 is 0 Å². The van der Waals surface area contributed by atoms with Gasteiger partial charge in [0, 0.05) is 38.2 Å². The van der Waals surface area contributed by atoms with Crippen molar-refractivity contribution in [2.24, 2.45) is 11.3 Å². The quantitative estimate of drug-likeness (QED) is 0.193. The highest BCUT2D eigenvalue weighted by atomic mass is 35.5. The maximum absolute atomic E-state index is 14.4. The Labute approximate surface area is 226 Å². The molecule has 0 unspecified atom stereocenters. The van der Waals surface area contributed by atoms with E-state index in [1.807, 2.05) is 20.8 Å². The maximum atomic E-state index is 14.4. The first-order valence-corrected chi connectivity index (χ1v) is 13.0. The first kappa shape index (κ1) is 31.1. The van der Waals surface area contributed by atoms with E-state index in [9.17, 15) is 22.8 Å². The molecule has 1 aromatic heterocycles. The van der Waals surface area contributed by atoms with E-state index in [0.717, 1.165) is 22.6 Å². The van der Waals surface area contributed by atoms with Crippen LogP contribution in [0, 0.1) is 16.7 Å². The smallest absolute Gasteiger partial charge is 0.367 e. The number of alkyl halides is 3. The van der Waals surface area contributed by atoms with Gasteiger partial charge in [-0.15, -0.1) is 0 Å². The number of nitrogens with zero attached hydrogens (tertiary/aromatic N) is 3. The lowest BCUT2D eigenvalue weighted by Gasteiger charge is -2.38. The van der Waals surface area contributed by atoms with Crippen molar-refractivity contribution < 1.29 is 22.8 Å². The molecule has 0 bridgehead atoms. The summed E-state index contributed by atoms with van der Waals surface area (Å²) in [7, 11) is 1.32. The van der Waals surface area contributed by atoms with Gasteiger partial charge in [-0.25, -0.2) is 0 Å². The van der Waals surface area contributed by atoms with E-state index in [4.69, 9.17) is 28.6 Å². The molecule has 0 aliphatic heterocycles. The summed E-state index contributed by atoms with van der Waals surface area (Å²) < 4.78 is 43.3. The molecule has 1 saturated carbocycles. The van der Waals surface area contributed by atoms with Gasteiger partial charge in [-0.05, 0) is 43.4 Å². The van der Waals surface area contributed by atoms with E-state index in [2.05, 4.69) is 11.9 Å². The average Bonchev–Trinajstić information content (AvgIpc) is 2.80. The lowest BCUT2D eigenvalue weighted by atomic mass is 9.86. The summed E-state index contributed by atoms with van der Waals surface area (Å²) >= 11 is 12.2. The summed E-state index contributed by atoms with van der Waals surface area (Å²) in [6, 6.07) is -0.410. The van der Waals surface area contributed by atoms with Crippen molar-refractivity contribution in [1.82, 2.24) is 14.8 Å². The molecule has 0 saturated heterocycles. The summed E-state index contributed by atoms with van der Waals surface area (Å²) in [4.78, 5) is 32.8. The molecule has 1 fully saturated rings. The van der Waals surface area contributed by atoms with E-state index in [1.54, 1.807) is 0 Å². The van der Waals surface area contributed by atoms with Gasteiger partial charge in [-0.3, -0.25) is 14.6 Å². The standard InChI is InChI=1S/C26H35Cl2F3N4O2/c1-6-25(3,4)15-35(14-21(36)22-19(27)12-33-13-20(22)28)24(37)18(11-32)23(26(29,30)31)34(5)17-9-7-16(2)8-10-17/h11-13,16-17,32H,6-10,14-15H2,1-5H3. The van der Waals surface area contributed by atoms with Gasteiger partial charge < -0.3 is 15.2 Å². The third-order valence-electron chi connectivity index (χ3n) is 7.11. The zero-order valence-electron chi connectivity index (χ0n) is 21.9. The highest BCUT2D eigenvalue weighted by Crippen LogP contribution is 2.36. The van der Waals surface area contributed by atoms with Crippen LogP contribution in [-0.2, 0) is 4.79 Å². The zero-order chi connectivity index (χ0) is 28.1. The normalized spacial score (nSPS) is 19.2. The summed E-state index contributed by atoms with van der Waals surface area (Å²) in [5.74, 6) is -1.25. The number of carbonyl (C=O) groups excluding carboxylic acids is 2. The fourth-order valence-corrected chi connectivity index (χ4v) is 5.09. The average molecular weight is 563 g/mol. The Morgan fingerprint density at radius 2 is 1.68 bits per heavy atom. The first-order valence-electron chi connectivity index (χ1n) is 12.3. The third-order valence-corrected chi connectivity index (χ3v) is 7.69. The Morgan fingerprint density at radius 3 is 2.14 bits per heavy atom. The van der Waals surface area contributed by atoms with Crippen LogP contribution in [-0.4, -0.2) is 65.0 Å². The van der Waals surface area contributed by atoms with Gasteiger partial charge in [0.25, 0.3) is 5.91 Å². The molecule has 0 spiro atoms. The Morgan fingerprint density at radius 1 is 1.14 bits per heavy atom. The van der Waals surface area contributed by atoms with Crippen molar-refractivity contribution in [1.29, 1.82) is 5.41 Å². The first-order chi connectivity index (χ1) is 17.1. The molecular formula is C26H35Cl2F3N4O2. The fraction of sp³-hybridized carbons (Fsp3) is 0.615. The molecular weight excluding hydrogens is 528 g/mol. The number of allylic oxidation sites excluding steroid dienone is 1. The maximum Gasteiger partial charge on any atom is 0.431 e. The molecule has 0 radical (unpaired) electrons. The van der Waals surface area contributed by atoms with Crippen molar-refractivity contribution in [3.8, 4) is 0 Å². The van der Waals surface area contributed by atoms with Crippen molar-refractivity contribution >= 4 is 41.1 Å². The summed E-state index contributed by atoms with van der Waals surface area (Å²) in [5, 5.41) is 7.78. The minimum absolute atomic E-state index is 0.0124. The molecule has 2 rings (SSSR count). The number of carbonyl (C=O) groups is 2. The SMILES string of the molecule is CCC(C)(C)CN(CC(=O)c1c(Cl)cncc1Cl)C(=O)C(C=N)=C(N(C)C1CCC(C)CC1)C(F)(F)F. The zero-order valence-corrected chi connectivity index (χ0v) is 23.4. The minimum atomic E-state index is -4.88. The lowest BCUT2D eigenvalue weighted by molar-refractivity contribution is -0.131. The van der Waals surface area contributed by atoms with Crippen LogP contribution in [0.25, 0.3) is 0 Å². The van der Waals surface area contributed by atoms with E-state index < -0.39 is 47.1 Å². The van der Waals surface area contributed by atoms with Crippen LogP contribution in [0.3, 0.4) is 0 Å². The van der Waals surface area contributed by atoms with Gasteiger partial charge >= 0.3 is 6.18 Å². The van der Waals surface area contributed by atoms with Crippen molar-refractivity contribution in [3.63, 3.8) is 0 Å². The lowest BCUT2D eigenvalue weighted by Crippen LogP contribution is -2.46. The largest absolute Gasteiger partial charge is 0.431 e. The van der Waals surface area contributed by atoms with Gasteiger partial charge in [0.15, 0.2) is 5.78 Å². The van der Waals surface area contributed by atoms with Crippen LogP contribution in [0.2, 0.25) is 10.0 Å². The summed E-state index contributed by atoms with van der Waals surface area (Å²) in [6.45, 7) is 7.07. The molecule has 1 N–H and O–H groups in total. The molecule has 206 valence electrons. The second kappa shape index (κ2) is 12.6. The number of amides is 1. The molecule has 0 atom stereocenters. The van der Waals surface area contributed by atoms with E-state index in [0.29, 0.717) is 31.4 Å². The number of Topliss-reactive ketones (excluding diaryl/α,β-unsaturated/α-hetero) is 1. The number of aromatic nitrogens is 1. The molecule has 37 heavy (non-hydrogen) atoms. The number of hydrogen-bond donors (Lipinski definition) is 1. The molecule has 1 aliphatic carbocycles. The number of rotatable bonds is 10. The van der Waals surface area contributed by atoms with Crippen LogP contribution in [0.5, 0.6) is 0 Å². The molecule has 1 aliphatic rings. The van der Waals surface area contributed by atoms with Gasteiger partial charge in [0.2, 0.25) is 0 Å². The second-order valence-electron chi connectivity index (χ2n) is 10.5. The van der Waals surface area contributed by atoms with Crippen LogP contribution in [0.15, 0.2) is 23.7 Å². The van der Waals surface area contributed by atoms with Gasteiger partial charge in [-0.2, -0.15) is 13.2 Å². The Kier molecular flexibility index (Phi) is 10.6. The van der Waals surface area contributed by atoms with E-state index in [-0.39, 0.29) is 22.2 Å². The van der Waals surface area contributed by atoms with Crippen LogP contribution in [0.1, 0.15) is 70.2 Å². The highest BCUT2D eigenvalue weighted by Gasteiger charge is 2.44. The van der Waals surface area contributed by atoms with Gasteiger partial charge in [-0.1, -0.05) is 50.9 Å². The number of pyridine rings is 1. The molecule has 1 amide bonds. The highest BCUT2D eigenvalue weighted by molar-refractivity contribution is 6.39. The minimum Gasteiger partial charge on any atom is -0.367 e.